The molecule has 4 heteroatoms. The van der Waals surface area contributed by atoms with Crippen molar-refractivity contribution in [1.82, 2.24) is 0 Å². The minimum absolute atomic E-state index is 0.0461. The minimum atomic E-state index is -0.485. The van der Waals surface area contributed by atoms with Gasteiger partial charge in [0.25, 0.3) is 0 Å². The first kappa shape index (κ1) is 11.0. The molecule has 1 aliphatic rings. The average Bonchev–Trinajstić information content (AvgIpc) is 2.92. The van der Waals surface area contributed by atoms with Gasteiger partial charge in [0.15, 0.2) is 0 Å². The molecule has 0 aliphatic heterocycles. The van der Waals surface area contributed by atoms with Gasteiger partial charge in [0.1, 0.15) is 11.6 Å². The van der Waals surface area contributed by atoms with E-state index in [0.717, 1.165) is 12.8 Å². The Morgan fingerprint density at radius 2 is 1.80 bits per heavy atom. The zero-order valence-electron chi connectivity index (χ0n) is 8.19. The second-order valence-electron chi connectivity index (χ2n) is 4.23. The van der Waals surface area contributed by atoms with Gasteiger partial charge >= 0.3 is 0 Å². The van der Waals surface area contributed by atoms with E-state index in [9.17, 15) is 8.78 Å². The van der Waals surface area contributed by atoms with Crippen LogP contribution in [0.5, 0.6) is 0 Å². The van der Waals surface area contributed by atoms with Gasteiger partial charge in [-0.1, -0.05) is 15.9 Å². The van der Waals surface area contributed by atoms with E-state index >= 15 is 0 Å². The van der Waals surface area contributed by atoms with Gasteiger partial charge in [0.05, 0.1) is 0 Å². The Kier molecular flexibility index (Phi) is 2.81. The fraction of sp³-hybridized carbons (Fsp3) is 0.455. The molecule has 0 saturated heterocycles. The summed E-state index contributed by atoms with van der Waals surface area (Å²) in [6.45, 7) is 0.502. The highest BCUT2D eigenvalue weighted by atomic mass is 79.9. The molecule has 1 aliphatic carbocycles. The lowest BCUT2D eigenvalue weighted by Crippen LogP contribution is -2.19. The predicted molar refractivity (Wildman–Crippen MR) is 58.5 cm³/mol. The number of nitrogens with two attached hydrogens (primary N) is 1. The molecule has 0 bridgehead atoms. The fourth-order valence-electron chi connectivity index (χ4n) is 1.75. The van der Waals surface area contributed by atoms with Crippen LogP contribution in [0.1, 0.15) is 18.4 Å². The molecule has 0 aromatic heterocycles. The Morgan fingerprint density at radius 1 is 1.27 bits per heavy atom. The van der Waals surface area contributed by atoms with Crippen LogP contribution in [0.25, 0.3) is 0 Å². The van der Waals surface area contributed by atoms with Gasteiger partial charge in [0.2, 0.25) is 0 Å². The first-order valence-electron chi connectivity index (χ1n) is 4.90. The highest BCUT2D eigenvalue weighted by Gasteiger charge is 2.42. The maximum Gasteiger partial charge on any atom is 0.130 e. The van der Waals surface area contributed by atoms with E-state index in [1.54, 1.807) is 0 Å². The van der Waals surface area contributed by atoms with Crippen LogP contribution in [0, 0.1) is 17.0 Å². The second kappa shape index (κ2) is 3.83. The summed E-state index contributed by atoms with van der Waals surface area (Å²) in [5.74, 6) is -0.969. The van der Waals surface area contributed by atoms with Crippen molar-refractivity contribution < 1.29 is 8.78 Å². The molecule has 1 fully saturated rings. The number of rotatable bonds is 3. The molecule has 0 heterocycles. The maximum absolute atomic E-state index is 13.5. The molecule has 1 aromatic rings. The van der Waals surface area contributed by atoms with Crippen molar-refractivity contribution in [2.75, 3.05) is 6.54 Å². The number of halogens is 3. The topological polar surface area (TPSA) is 26.0 Å². The average molecular weight is 276 g/mol. The molecule has 0 unspecified atom stereocenters. The van der Waals surface area contributed by atoms with Crippen LogP contribution < -0.4 is 5.73 Å². The van der Waals surface area contributed by atoms with Gasteiger partial charge in [-0.15, -0.1) is 0 Å². The van der Waals surface area contributed by atoms with Gasteiger partial charge in [-0.05, 0) is 43.4 Å². The van der Waals surface area contributed by atoms with Crippen LogP contribution in [-0.2, 0) is 6.42 Å². The van der Waals surface area contributed by atoms with Crippen LogP contribution >= 0.6 is 15.9 Å². The van der Waals surface area contributed by atoms with Crippen molar-refractivity contribution >= 4 is 15.9 Å². The van der Waals surface area contributed by atoms with Crippen molar-refractivity contribution in [1.29, 1.82) is 0 Å². The molecule has 0 radical (unpaired) electrons. The third kappa shape index (κ3) is 2.21. The molecular formula is C11H12BrF2N. The summed E-state index contributed by atoms with van der Waals surface area (Å²) in [6.07, 6.45) is 2.35. The van der Waals surface area contributed by atoms with E-state index in [2.05, 4.69) is 15.9 Å². The minimum Gasteiger partial charge on any atom is -0.330 e. The molecule has 0 spiro atoms. The Bertz CT molecular complexity index is 365. The van der Waals surface area contributed by atoms with E-state index in [1.165, 1.54) is 12.1 Å². The summed E-state index contributed by atoms with van der Waals surface area (Å²) in [6, 6.07) is 2.59. The quantitative estimate of drug-likeness (QED) is 0.902. The smallest absolute Gasteiger partial charge is 0.130 e. The number of benzene rings is 1. The van der Waals surface area contributed by atoms with Gasteiger partial charge in [0, 0.05) is 10.0 Å². The van der Waals surface area contributed by atoms with Crippen LogP contribution in [-0.4, -0.2) is 6.54 Å². The first-order chi connectivity index (χ1) is 7.06. The Labute approximate surface area is 95.8 Å². The van der Waals surface area contributed by atoms with Crippen molar-refractivity contribution in [2.24, 2.45) is 11.1 Å². The largest absolute Gasteiger partial charge is 0.330 e. The van der Waals surface area contributed by atoms with Crippen molar-refractivity contribution in [3.05, 3.63) is 33.8 Å². The second-order valence-corrected chi connectivity index (χ2v) is 5.14. The van der Waals surface area contributed by atoms with E-state index < -0.39 is 11.6 Å². The molecular weight excluding hydrogens is 264 g/mol. The lowest BCUT2D eigenvalue weighted by molar-refractivity contribution is 0.474. The van der Waals surface area contributed by atoms with Crippen LogP contribution in [0.4, 0.5) is 8.78 Å². The maximum atomic E-state index is 13.5. The Morgan fingerprint density at radius 3 is 2.20 bits per heavy atom. The fourth-order valence-corrected chi connectivity index (χ4v) is 2.15. The van der Waals surface area contributed by atoms with Crippen LogP contribution in [0.2, 0.25) is 0 Å². The van der Waals surface area contributed by atoms with Crippen molar-refractivity contribution in [3.63, 3.8) is 0 Å². The van der Waals surface area contributed by atoms with E-state index in [1.807, 2.05) is 0 Å². The zero-order valence-corrected chi connectivity index (χ0v) is 9.78. The third-order valence-corrected chi connectivity index (χ3v) is 3.51. The highest BCUT2D eigenvalue weighted by Crippen LogP contribution is 2.48. The van der Waals surface area contributed by atoms with Crippen molar-refractivity contribution in [3.8, 4) is 0 Å². The third-order valence-electron chi connectivity index (χ3n) is 3.05. The van der Waals surface area contributed by atoms with Crippen LogP contribution in [0.3, 0.4) is 0 Å². The summed E-state index contributed by atoms with van der Waals surface area (Å²) in [4.78, 5) is 0. The summed E-state index contributed by atoms with van der Waals surface area (Å²) in [5.41, 5.74) is 5.71. The molecule has 82 valence electrons. The SMILES string of the molecule is NCC1(Cc2c(F)cc(Br)cc2F)CC1. The summed E-state index contributed by atoms with van der Waals surface area (Å²) >= 11 is 3.05. The number of hydrogen-bond donors (Lipinski definition) is 1. The van der Waals surface area contributed by atoms with Crippen LogP contribution in [0.15, 0.2) is 16.6 Å². The van der Waals surface area contributed by atoms with E-state index in [-0.39, 0.29) is 11.0 Å². The summed E-state index contributed by atoms with van der Waals surface area (Å²) < 4.78 is 27.4. The van der Waals surface area contributed by atoms with Gasteiger partial charge in [-0.3, -0.25) is 0 Å². The van der Waals surface area contributed by atoms with Gasteiger partial charge in [-0.2, -0.15) is 0 Å². The van der Waals surface area contributed by atoms with Gasteiger partial charge < -0.3 is 5.73 Å². The molecule has 2 rings (SSSR count). The Balaban J connectivity index is 2.28. The summed E-state index contributed by atoms with van der Waals surface area (Å²) in [7, 11) is 0. The molecule has 15 heavy (non-hydrogen) atoms. The molecule has 1 aromatic carbocycles. The molecule has 2 N–H and O–H groups in total. The normalized spacial score (nSPS) is 17.9. The Hall–Kier alpha value is -0.480. The first-order valence-corrected chi connectivity index (χ1v) is 5.69. The van der Waals surface area contributed by atoms with E-state index in [0.29, 0.717) is 17.4 Å². The number of hydrogen-bond acceptors (Lipinski definition) is 1. The predicted octanol–water partition coefficient (Wildman–Crippen LogP) is 3.01. The highest BCUT2D eigenvalue weighted by molar-refractivity contribution is 9.10. The lowest BCUT2D eigenvalue weighted by Gasteiger charge is -2.13. The summed E-state index contributed by atoms with van der Waals surface area (Å²) in [5, 5.41) is 0. The lowest BCUT2D eigenvalue weighted by atomic mass is 9.96. The molecule has 1 saturated carbocycles. The zero-order chi connectivity index (χ0) is 11.1. The van der Waals surface area contributed by atoms with Crippen molar-refractivity contribution in [2.45, 2.75) is 19.3 Å². The molecule has 0 amide bonds. The molecule has 0 atom stereocenters. The standard InChI is InChI=1S/C11H12BrF2N/c12-7-3-9(13)8(10(14)4-7)5-11(6-15)1-2-11/h3-4H,1-2,5-6,15H2. The molecule has 1 nitrogen and oxygen atoms in total. The monoisotopic (exact) mass is 275 g/mol. The van der Waals surface area contributed by atoms with E-state index in [4.69, 9.17) is 5.73 Å². The van der Waals surface area contributed by atoms with Gasteiger partial charge in [-0.25, -0.2) is 8.78 Å².